The molecular weight excluding hydrogens is 302 g/mol. The number of rotatable bonds is 15. The zero-order valence-corrected chi connectivity index (χ0v) is 13.6. The van der Waals surface area contributed by atoms with Crippen molar-refractivity contribution in [2.45, 2.75) is 70.3 Å². The molecule has 0 radical (unpaired) electrons. The Balaban J connectivity index is 3.72. The van der Waals surface area contributed by atoms with Crippen molar-refractivity contribution in [1.29, 1.82) is 0 Å². The molecule has 1 amide bonds. The van der Waals surface area contributed by atoms with Crippen molar-refractivity contribution in [2.75, 3.05) is 13.2 Å². The monoisotopic (exact) mass is 331 g/mol. The number of aliphatic hydroxyl groups is 2. The minimum atomic E-state index is -1.22. The van der Waals surface area contributed by atoms with E-state index in [1.54, 1.807) is 0 Å². The summed E-state index contributed by atoms with van der Waals surface area (Å²) in [6.45, 7) is -0.110. The van der Waals surface area contributed by atoms with E-state index in [1.165, 1.54) is 0 Å². The van der Waals surface area contributed by atoms with E-state index in [0.717, 1.165) is 44.9 Å². The molecule has 7 nitrogen and oxygen atoms in total. The third kappa shape index (κ3) is 12.7. The molecular formula is C16H29NO6. The summed E-state index contributed by atoms with van der Waals surface area (Å²) in [5, 5.41) is 28.4. The molecule has 0 unspecified atom stereocenters. The number of aliphatic hydroxyl groups excluding tert-OH is 2. The van der Waals surface area contributed by atoms with Gasteiger partial charge < -0.3 is 20.6 Å². The average molecular weight is 331 g/mol. The third-order valence-corrected chi connectivity index (χ3v) is 3.52. The van der Waals surface area contributed by atoms with Crippen LogP contribution in [-0.2, 0) is 14.4 Å². The molecule has 0 aliphatic heterocycles. The molecule has 0 bridgehead atoms. The van der Waals surface area contributed by atoms with Crippen LogP contribution >= 0.6 is 0 Å². The van der Waals surface area contributed by atoms with Crippen molar-refractivity contribution >= 4 is 17.7 Å². The number of carboxylic acids is 1. The Bertz CT molecular complexity index is 358. The number of Topliss-reactive ketones (excluding diaryl/α,β-unsaturated/α-hetero) is 1. The van der Waals surface area contributed by atoms with E-state index in [0.29, 0.717) is 6.42 Å². The topological polar surface area (TPSA) is 124 Å². The van der Waals surface area contributed by atoms with Gasteiger partial charge in [-0.2, -0.15) is 0 Å². The van der Waals surface area contributed by atoms with Crippen molar-refractivity contribution in [3.63, 3.8) is 0 Å². The number of hydrogen-bond donors (Lipinski definition) is 4. The highest BCUT2D eigenvalue weighted by molar-refractivity contribution is 5.99. The summed E-state index contributed by atoms with van der Waals surface area (Å²) in [5.41, 5.74) is 0. The van der Waals surface area contributed by atoms with E-state index in [2.05, 4.69) is 5.32 Å². The van der Waals surface area contributed by atoms with Gasteiger partial charge in [-0.1, -0.05) is 32.1 Å². The molecule has 0 aliphatic carbocycles. The predicted molar refractivity (Wildman–Crippen MR) is 84.9 cm³/mol. The zero-order valence-electron chi connectivity index (χ0n) is 13.6. The van der Waals surface area contributed by atoms with Gasteiger partial charge in [0, 0.05) is 26.1 Å². The molecule has 23 heavy (non-hydrogen) atoms. The molecule has 0 saturated heterocycles. The maximum atomic E-state index is 11.7. The lowest BCUT2D eigenvalue weighted by atomic mass is 10.1. The standard InChI is InChI=1S/C16H29NO6/c18-10-7-5-3-1-2-4-6-8-13(20)12-15(21)17-14(9-11-19)16(22)23/h14,18-19H,1-12H2,(H,17,21)(H,22,23)/t14-/m0/s1. The molecule has 4 N–H and O–H groups in total. The van der Waals surface area contributed by atoms with Crippen molar-refractivity contribution in [1.82, 2.24) is 5.32 Å². The quantitative estimate of drug-likeness (QED) is 0.262. The van der Waals surface area contributed by atoms with Gasteiger partial charge in [-0.3, -0.25) is 9.59 Å². The Morgan fingerprint density at radius 1 is 0.826 bits per heavy atom. The summed E-state index contributed by atoms with van der Waals surface area (Å²) in [5.74, 6) is -2.03. The van der Waals surface area contributed by atoms with Gasteiger partial charge in [0.25, 0.3) is 0 Å². The van der Waals surface area contributed by atoms with Crippen LogP contribution in [0.4, 0.5) is 0 Å². The van der Waals surface area contributed by atoms with E-state index in [4.69, 9.17) is 15.3 Å². The first kappa shape index (κ1) is 21.5. The molecule has 0 aliphatic rings. The minimum Gasteiger partial charge on any atom is -0.480 e. The summed E-state index contributed by atoms with van der Waals surface area (Å²) in [6.07, 6.45) is 6.63. The van der Waals surface area contributed by atoms with Gasteiger partial charge in [-0.05, 0) is 12.8 Å². The fourth-order valence-electron chi connectivity index (χ4n) is 2.22. The second-order valence-corrected chi connectivity index (χ2v) is 5.63. The lowest BCUT2D eigenvalue weighted by Crippen LogP contribution is -2.42. The van der Waals surface area contributed by atoms with Crippen LogP contribution in [0.3, 0.4) is 0 Å². The normalized spacial score (nSPS) is 11.9. The Labute approximate surface area is 137 Å². The maximum Gasteiger partial charge on any atom is 0.326 e. The Morgan fingerprint density at radius 3 is 1.91 bits per heavy atom. The number of carbonyl (C=O) groups excluding carboxylic acids is 2. The zero-order chi connectivity index (χ0) is 17.5. The fraction of sp³-hybridized carbons (Fsp3) is 0.812. The number of ketones is 1. The van der Waals surface area contributed by atoms with Gasteiger partial charge in [-0.15, -0.1) is 0 Å². The number of hydrogen-bond acceptors (Lipinski definition) is 5. The lowest BCUT2D eigenvalue weighted by molar-refractivity contribution is -0.143. The van der Waals surface area contributed by atoms with E-state index < -0.39 is 17.9 Å². The Kier molecular flexibility index (Phi) is 13.2. The Hall–Kier alpha value is -1.47. The summed E-state index contributed by atoms with van der Waals surface area (Å²) in [7, 11) is 0. The summed E-state index contributed by atoms with van der Waals surface area (Å²) >= 11 is 0. The highest BCUT2D eigenvalue weighted by Crippen LogP contribution is 2.09. The molecule has 7 heteroatoms. The van der Waals surface area contributed by atoms with Crippen molar-refractivity contribution in [3.8, 4) is 0 Å². The van der Waals surface area contributed by atoms with Crippen LogP contribution in [0.5, 0.6) is 0 Å². The highest BCUT2D eigenvalue weighted by atomic mass is 16.4. The molecule has 1 atom stereocenters. The molecule has 0 rings (SSSR count). The van der Waals surface area contributed by atoms with Crippen LogP contribution in [0.2, 0.25) is 0 Å². The van der Waals surface area contributed by atoms with Gasteiger partial charge in [0.05, 0.1) is 6.42 Å². The second-order valence-electron chi connectivity index (χ2n) is 5.63. The summed E-state index contributed by atoms with van der Waals surface area (Å²) in [4.78, 5) is 34.1. The van der Waals surface area contributed by atoms with E-state index in [1.807, 2.05) is 0 Å². The lowest BCUT2D eigenvalue weighted by Gasteiger charge is -2.12. The molecule has 0 heterocycles. The first-order valence-corrected chi connectivity index (χ1v) is 8.26. The smallest absolute Gasteiger partial charge is 0.326 e. The second kappa shape index (κ2) is 14.1. The highest BCUT2D eigenvalue weighted by Gasteiger charge is 2.20. The molecule has 0 spiro atoms. The molecule has 134 valence electrons. The average Bonchev–Trinajstić information content (AvgIpc) is 2.49. The van der Waals surface area contributed by atoms with Gasteiger partial charge in [0.1, 0.15) is 11.8 Å². The van der Waals surface area contributed by atoms with Crippen molar-refractivity contribution in [3.05, 3.63) is 0 Å². The Morgan fingerprint density at radius 2 is 1.39 bits per heavy atom. The van der Waals surface area contributed by atoms with Crippen LogP contribution in [0.25, 0.3) is 0 Å². The number of unbranched alkanes of at least 4 members (excludes halogenated alkanes) is 6. The molecule has 0 fully saturated rings. The van der Waals surface area contributed by atoms with Crippen molar-refractivity contribution in [2.24, 2.45) is 0 Å². The number of amides is 1. The van der Waals surface area contributed by atoms with E-state index in [9.17, 15) is 14.4 Å². The number of aliphatic carboxylic acids is 1. The number of carboxylic acid groups (broad SMARTS) is 1. The summed E-state index contributed by atoms with van der Waals surface area (Å²) in [6, 6.07) is -1.15. The van der Waals surface area contributed by atoms with E-state index in [-0.39, 0.29) is 31.8 Å². The predicted octanol–water partition coefficient (Wildman–Crippen LogP) is 1.01. The van der Waals surface area contributed by atoms with Gasteiger partial charge in [-0.25, -0.2) is 4.79 Å². The van der Waals surface area contributed by atoms with Crippen LogP contribution in [0.15, 0.2) is 0 Å². The van der Waals surface area contributed by atoms with Crippen LogP contribution < -0.4 is 5.32 Å². The van der Waals surface area contributed by atoms with Gasteiger partial charge in [0.15, 0.2) is 0 Å². The van der Waals surface area contributed by atoms with Gasteiger partial charge >= 0.3 is 5.97 Å². The van der Waals surface area contributed by atoms with Crippen LogP contribution in [-0.4, -0.2) is 52.2 Å². The SMILES string of the molecule is O=C(CCCCCCCCCO)CC(=O)N[C@@H](CCO)C(=O)O. The molecule has 0 aromatic rings. The molecule has 0 saturated carbocycles. The molecule has 0 aromatic carbocycles. The maximum absolute atomic E-state index is 11.7. The van der Waals surface area contributed by atoms with E-state index >= 15 is 0 Å². The molecule has 0 aromatic heterocycles. The number of nitrogens with one attached hydrogen (secondary N) is 1. The number of carbonyl (C=O) groups is 3. The minimum absolute atomic E-state index is 0.0778. The third-order valence-electron chi connectivity index (χ3n) is 3.52. The fourth-order valence-corrected chi connectivity index (χ4v) is 2.22. The first-order chi connectivity index (χ1) is 11.0. The largest absolute Gasteiger partial charge is 0.480 e. The summed E-state index contributed by atoms with van der Waals surface area (Å²) < 4.78 is 0. The van der Waals surface area contributed by atoms with Gasteiger partial charge in [0.2, 0.25) is 5.91 Å². The first-order valence-electron chi connectivity index (χ1n) is 8.26. The van der Waals surface area contributed by atoms with Crippen molar-refractivity contribution < 1.29 is 29.7 Å². The van der Waals surface area contributed by atoms with Crippen LogP contribution in [0, 0.1) is 0 Å². The van der Waals surface area contributed by atoms with Crippen LogP contribution in [0.1, 0.15) is 64.2 Å².